The van der Waals surface area contributed by atoms with Crippen LogP contribution in [0.1, 0.15) is 63.1 Å². The molecule has 1 aromatic rings. The van der Waals surface area contributed by atoms with Crippen LogP contribution < -0.4 is 5.32 Å². The highest BCUT2D eigenvalue weighted by Gasteiger charge is 2.34. The molecule has 4 heteroatoms. The largest absolute Gasteiger partial charge is 0.416 e. The summed E-state index contributed by atoms with van der Waals surface area (Å²) >= 11 is 0. The highest BCUT2D eigenvalue weighted by Crippen LogP contribution is 2.35. The summed E-state index contributed by atoms with van der Waals surface area (Å²) in [5.74, 6) is 0.583. The van der Waals surface area contributed by atoms with Gasteiger partial charge in [-0.05, 0) is 44.2 Å². The van der Waals surface area contributed by atoms with Gasteiger partial charge < -0.3 is 5.32 Å². The van der Waals surface area contributed by atoms with Crippen molar-refractivity contribution >= 4 is 0 Å². The van der Waals surface area contributed by atoms with Crippen LogP contribution in [0.3, 0.4) is 0 Å². The summed E-state index contributed by atoms with van der Waals surface area (Å²) in [6.07, 6.45) is 1.84. The zero-order valence-corrected chi connectivity index (χ0v) is 12.7. The quantitative estimate of drug-likeness (QED) is 0.793. The zero-order valence-electron chi connectivity index (χ0n) is 12.7. The predicted molar refractivity (Wildman–Crippen MR) is 79.0 cm³/mol. The van der Waals surface area contributed by atoms with Gasteiger partial charge in [0.2, 0.25) is 0 Å². The number of alkyl halides is 3. The highest BCUT2D eigenvalue weighted by atomic mass is 19.4. The van der Waals surface area contributed by atoms with Gasteiger partial charge in [-0.1, -0.05) is 37.5 Å². The van der Waals surface area contributed by atoms with Crippen LogP contribution in [0.15, 0.2) is 24.3 Å². The molecule has 0 aromatic heterocycles. The second-order valence-corrected chi connectivity index (χ2v) is 6.16. The van der Waals surface area contributed by atoms with E-state index in [9.17, 15) is 13.2 Å². The van der Waals surface area contributed by atoms with Crippen molar-refractivity contribution in [3.63, 3.8) is 0 Å². The van der Waals surface area contributed by atoms with Crippen LogP contribution in [0.4, 0.5) is 13.2 Å². The fourth-order valence-corrected chi connectivity index (χ4v) is 3.39. The Morgan fingerprint density at radius 2 is 1.67 bits per heavy atom. The molecule has 2 rings (SSSR count). The molecule has 0 radical (unpaired) electrons. The topological polar surface area (TPSA) is 12.0 Å². The van der Waals surface area contributed by atoms with Crippen molar-refractivity contribution in [1.82, 2.24) is 5.32 Å². The molecule has 1 N–H and O–H groups in total. The van der Waals surface area contributed by atoms with Crippen LogP contribution in [-0.2, 0) is 6.18 Å². The van der Waals surface area contributed by atoms with Crippen molar-refractivity contribution < 1.29 is 13.2 Å². The minimum absolute atomic E-state index is 0.251. The predicted octanol–water partition coefficient (Wildman–Crippen LogP) is 5.32. The van der Waals surface area contributed by atoms with Crippen LogP contribution >= 0.6 is 0 Å². The minimum atomic E-state index is -4.29. The third kappa shape index (κ3) is 4.22. The number of benzene rings is 1. The summed E-state index contributed by atoms with van der Waals surface area (Å²) in [5, 5.41) is 3.38. The first kappa shape index (κ1) is 16.3. The van der Waals surface area contributed by atoms with E-state index >= 15 is 0 Å². The van der Waals surface area contributed by atoms with Crippen molar-refractivity contribution in [2.75, 3.05) is 0 Å². The Balaban J connectivity index is 2.08. The molecular weight excluding hydrogens is 275 g/mol. The molecule has 0 aliphatic heterocycles. The van der Waals surface area contributed by atoms with Crippen molar-refractivity contribution in [2.24, 2.45) is 5.92 Å². The van der Waals surface area contributed by atoms with E-state index in [1.807, 2.05) is 6.92 Å². The molecule has 1 aromatic carbocycles. The lowest BCUT2D eigenvalue weighted by Gasteiger charge is -2.31. The Kier molecular flexibility index (Phi) is 5.31. The Labute approximate surface area is 124 Å². The van der Waals surface area contributed by atoms with Gasteiger partial charge in [0.15, 0.2) is 0 Å². The van der Waals surface area contributed by atoms with Gasteiger partial charge in [-0.3, -0.25) is 0 Å². The molecule has 0 amide bonds. The number of hydrogen-bond donors (Lipinski definition) is 1. The SMILES string of the molecule is CC(NC(C)C1CCCCC1)c1ccccc1C(F)(F)F. The fraction of sp³-hybridized carbons (Fsp3) is 0.647. The summed E-state index contributed by atoms with van der Waals surface area (Å²) in [6.45, 7) is 3.92. The van der Waals surface area contributed by atoms with E-state index in [4.69, 9.17) is 0 Å². The van der Waals surface area contributed by atoms with Crippen LogP contribution in [0.25, 0.3) is 0 Å². The maximum Gasteiger partial charge on any atom is 0.416 e. The number of nitrogens with one attached hydrogen (secondary N) is 1. The van der Waals surface area contributed by atoms with E-state index in [2.05, 4.69) is 12.2 Å². The minimum Gasteiger partial charge on any atom is -0.307 e. The Morgan fingerprint density at radius 3 is 2.29 bits per heavy atom. The molecule has 0 bridgehead atoms. The second kappa shape index (κ2) is 6.82. The molecule has 0 saturated heterocycles. The average Bonchev–Trinajstić information content (AvgIpc) is 2.47. The van der Waals surface area contributed by atoms with E-state index in [1.54, 1.807) is 12.1 Å². The molecule has 1 fully saturated rings. The maximum absolute atomic E-state index is 13.1. The zero-order chi connectivity index (χ0) is 15.5. The van der Waals surface area contributed by atoms with Crippen molar-refractivity contribution in [3.05, 3.63) is 35.4 Å². The lowest BCUT2D eigenvalue weighted by molar-refractivity contribution is -0.138. The molecule has 1 aliphatic rings. The number of rotatable bonds is 4. The molecule has 1 saturated carbocycles. The van der Waals surface area contributed by atoms with Gasteiger partial charge in [-0.25, -0.2) is 0 Å². The van der Waals surface area contributed by atoms with E-state index in [1.165, 1.54) is 44.2 Å². The van der Waals surface area contributed by atoms with E-state index < -0.39 is 11.7 Å². The molecular formula is C17H24F3N. The van der Waals surface area contributed by atoms with Crippen LogP contribution in [0.5, 0.6) is 0 Å². The third-order valence-electron chi connectivity index (χ3n) is 4.60. The summed E-state index contributed by atoms with van der Waals surface area (Å²) in [5.41, 5.74) is -0.187. The third-order valence-corrected chi connectivity index (χ3v) is 4.60. The van der Waals surface area contributed by atoms with Gasteiger partial charge in [0, 0.05) is 12.1 Å². The molecule has 1 aliphatic carbocycles. The number of halogens is 3. The summed E-state index contributed by atoms with van der Waals surface area (Å²) < 4.78 is 39.2. The Bertz CT molecular complexity index is 450. The molecule has 0 spiro atoms. The van der Waals surface area contributed by atoms with Crippen LogP contribution in [0.2, 0.25) is 0 Å². The van der Waals surface area contributed by atoms with Crippen molar-refractivity contribution in [3.8, 4) is 0 Å². The summed E-state index contributed by atoms with van der Waals surface area (Å²) in [6, 6.07) is 5.83. The highest BCUT2D eigenvalue weighted by molar-refractivity contribution is 5.32. The standard InChI is InChI=1S/C17H24F3N/c1-12(14-8-4-3-5-9-14)21-13(2)15-10-6-7-11-16(15)17(18,19)20/h6-7,10-14,21H,3-5,8-9H2,1-2H3. The molecule has 21 heavy (non-hydrogen) atoms. The van der Waals surface area contributed by atoms with E-state index in [0.717, 1.165) is 0 Å². The van der Waals surface area contributed by atoms with Crippen molar-refractivity contribution in [2.45, 2.75) is 64.2 Å². The molecule has 1 nitrogen and oxygen atoms in total. The molecule has 2 unspecified atom stereocenters. The Morgan fingerprint density at radius 1 is 1.05 bits per heavy atom. The van der Waals surface area contributed by atoms with Gasteiger partial charge in [0.05, 0.1) is 5.56 Å². The van der Waals surface area contributed by atoms with Gasteiger partial charge in [-0.15, -0.1) is 0 Å². The molecule has 2 atom stereocenters. The summed E-state index contributed by atoms with van der Waals surface area (Å²) in [7, 11) is 0. The molecule has 118 valence electrons. The monoisotopic (exact) mass is 299 g/mol. The maximum atomic E-state index is 13.1. The molecule has 0 heterocycles. The first-order valence-electron chi connectivity index (χ1n) is 7.81. The van der Waals surface area contributed by atoms with Gasteiger partial charge in [-0.2, -0.15) is 13.2 Å². The first-order chi connectivity index (χ1) is 9.89. The number of hydrogen-bond acceptors (Lipinski definition) is 1. The normalized spacial score (nSPS) is 20.2. The van der Waals surface area contributed by atoms with Crippen molar-refractivity contribution in [1.29, 1.82) is 0 Å². The van der Waals surface area contributed by atoms with Crippen LogP contribution in [-0.4, -0.2) is 6.04 Å². The first-order valence-corrected chi connectivity index (χ1v) is 7.81. The van der Waals surface area contributed by atoms with Gasteiger partial charge in [0.25, 0.3) is 0 Å². The van der Waals surface area contributed by atoms with Gasteiger partial charge in [0.1, 0.15) is 0 Å². The fourth-order valence-electron chi connectivity index (χ4n) is 3.39. The lowest BCUT2D eigenvalue weighted by Crippen LogP contribution is -2.37. The second-order valence-electron chi connectivity index (χ2n) is 6.16. The van der Waals surface area contributed by atoms with Gasteiger partial charge >= 0.3 is 6.18 Å². The lowest BCUT2D eigenvalue weighted by atomic mass is 9.84. The average molecular weight is 299 g/mol. The summed E-state index contributed by atoms with van der Waals surface area (Å²) in [4.78, 5) is 0. The van der Waals surface area contributed by atoms with Crippen LogP contribution in [0, 0.1) is 5.92 Å². The Hall–Kier alpha value is -1.03. The van der Waals surface area contributed by atoms with E-state index in [-0.39, 0.29) is 12.1 Å². The smallest absolute Gasteiger partial charge is 0.307 e. The van der Waals surface area contributed by atoms with E-state index in [0.29, 0.717) is 11.5 Å².